The van der Waals surface area contributed by atoms with Crippen LogP contribution in [0.15, 0.2) is 18.2 Å². The maximum Gasteiger partial charge on any atom is 0.282 e. The van der Waals surface area contributed by atoms with Crippen molar-refractivity contribution in [1.29, 1.82) is 0 Å². The summed E-state index contributed by atoms with van der Waals surface area (Å²) in [5, 5.41) is 15.7. The van der Waals surface area contributed by atoms with Gasteiger partial charge in [0.15, 0.2) is 0 Å². The molecule has 0 spiro atoms. The smallest absolute Gasteiger partial charge is 0.282 e. The normalized spacial score (nSPS) is 9.70. The highest BCUT2D eigenvalue weighted by Gasteiger charge is 2.20. The standard InChI is InChI=1S/C11H15N5O4/c1-13-10(17)4-5-14-11(18)8-6-7(15-12)2-3-9(8)16(19)20/h2-3,6,15H,4-5,12H2,1H3,(H,13,17)(H,14,18). The minimum Gasteiger partial charge on any atom is -0.359 e. The molecule has 9 heteroatoms. The summed E-state index contributed by atoms with van der Waals surface area (Å²) in [5.41, 5.74) is 2.22. The van der Waals surface area contributed by atoms with E-state index in [0.717, 1.165) is 0 Å². The van der Waals surface area contributed by atoms with Crippen molar-refractivity contribution in [2.45, 2.75) is 6.42 Å². The van der Waals surface area contributed by atoms with Gasteiger partial charge in [-0.25, -0.2) is 0 Å². The highest BCUT2D eigenvalue weighted by Crippen LogP contribution is 2.22. The van der Waals surface area contributed by atoms with Gasteiger partial charge in [-0.3, -0.25) is 25.5 Å². The Labute approximate surface area is 114 Å². The molecule has 0 aliphatic heterocycles. The van der Waals surface area contributed by atoms with Gasteiger partial charge < -0.3 is 16.1 Å². The van der Waals surface area contributed by atoms with Crippen LogP contribution in [0.25, 0.3) is 0 Å². The Kier molecular flexibility index (Phi) is 5.42. The van der Waals surface area contributed by atoms with Crippen molar-refractivity contribution in [1.82, 2.24) is 10.6 Å². The number of benzene rings is 1. The van der Waals surface area contributed by atoms with Crippen molar-refractivity contribution < 1.29 is 14.5 Å². The zero-order valence-corrected chi connectivity index (χ0v) is 10.8. The Morgan fingerprint density at radius 1 is 1.40 bits per heavy atom. The number of carbonyl (C=O) groups excluding carboxylic acids is 2. The molecule has 9 nitrogen and oxygen atoms in total. The predicted molar refractivity (Wildman–Crippen MR) is 71.9 cm³/mol. The fourth-order valence-corrected chi connectivity index (χ4v) is 1.48. The topological polar surface area (TPSA) is 139 Å². The molecule has 0 aliphatic carbocycles. The lowest BCUT2D eigenvalue weighted by molar-refractivity contribution is -0.385. The van der Waals surface area contributed by atoms with Gasteiger partial charge in [0, 0.05) is 31.8 Å². The average molecular weight is 281 g/mol. The van der Waals surface area contributed by atoms with Crippen LogP contribution in [0.1, 0.15) is 16.8 Å². The van der Waals surface area contributed by atoms with Crippen LogP contribution in [-0.2, 0) is 4.79 Å². The van der Waals surface area contributed by atoms with E-state index in [-0.39, 0.29) is 30.1 Å². The fraction of sp³-hybridized carbons (Fsp3) is 0.273. The number of carbonyl (C=O) groups is 2. The first kappa shape index (κ1) is 15.4. The van der Waals surface area contributed by atoms with E-state index in [4.69, 9.17) is 5.84 Å². The molecule has 0 saturated heterocycles. The summed E-state index contributed by atoms with van der Waals surface area (Å²) in [4.78, 5) is 33.1. The number of hydrogen-bond acceptors (Lipinski definition) is 6. The van der Waals surface area contributed by atoms with Gasteiger partial charge in [0.05, 0.1) is 4.92 Å². The first-order chi connectivity index (χ1) is 9.49. The number of anilines is 1. The second kappa shape index (κ2) is 7.04. The number of nitrogens with two attached hydrogens (primary N) is 1. The zero-order chi connectivity index (χ0) is 15.1. The molecule has 20 heavy (non-hydrogen) atoms. The molecule has 1 rings (SSSR count). The van der Waals surface area contributed by atoms with Gasteiger partial charge in [-0.05, 0) is 12.1 Å². The van der Waals surface area contributed by atoms with Crippen LogP contribution in [0.5, 0.6) is 0 Å². The van der Waals surface area contributed by atoms with Crippen molar-refractivity contribution >= 4 is 23.2 Å². The van der Waals surface area contributed by atoms with Gasteiger partial charge in [0.25, 0.3) is 11.6 Å². The molecule has 0 bridgehead atoms. The molecule has 0 fully saturated rings. The second-order valence-electron chi connectivity index (χ2n) is 3.81. The zero-order valence-electron chi connectivity index (χ0n) is 10.8. The summed E-state index contributed by atoms with van der Waals surface area (Å²) in [6, 6.07) is 3.84. The van der Waals surface area contributed by atoms with Crippen molar-refractivity contribution in [2.75, 3.05) is 19.0 Å². The van der Waals surface area contributed by atoms with E-state index in [2.05, 4.69) is 16.1 Å². The van der Waals surface area contributed by atoms with Crippen molar-refractivity contribution in [3.63, 3.8) is 0 Å². The van der Waals surface area contributed by atoms with E-state index < -0.39 is 10.8 Å². The highest BCUT2D eigenvalue weighted by atomic mass is 16.6. The minimum absolute atomic E-state index is 0.0793. The Morgan fingerprint density at radius 2 is 2.10 bits per heavy atom. The predicted octanol–water partition coefficient (Wildman–Crippen LogP) is -0.254. The maximum absolute atomic E-state index is 11.9. The van der Waals surface area contributed by atoms with Crippen LogP contribution >= 0.6 is 0 Å². The number of nitrogens with one attached hydrogen (secondary N) is 3. The average Bonchev–Trinajstić information content (AvgIpc) is 2.45. The van der Waals surface area contributed by atoms with Crippen molar-refractivity contribution in [2.24, 2.45) is 5.84 Å². The van der Waals surface area contributed by atoms with E-state index in [0.29, 0.717) is 5.69 Å². The quantitative estimate of drug-likeness (QED) is 0.322. The summed E-state index contributed by atoms with van der Waals surface area (Å²) in [5.74, 6) is 4.32. The Hall–Kier alpha value is -2.68. The largest absolute Gasteiger partial charge is 0.359 e. The van der Waals surface area contributed by atoms with Gasteiger partial charge >= 0.3 is 0 Å². The van der Waals surface area contributed by atoms with Gasteiger partial charge in [-0.15, -0.1) is 0 Å². The Morgan fingerprint density at radius 3 is 2.65 bits per heavy atom. The van der Waals surface area contributed by atoms with E-state index in [1.54, 1.807) is 0 Å². The lowest BCUT2D eigenvalue weighted by atomic mass is 10.1. The molecule has 1 aromatic rings. The van der Waals surface area contributed by atoms with Crippen LogP contribution in [0.3, 0.4) is 0 Å². The summed E-state index contributed by atoms with van der Waals surface area (Å²) >= 11 is 0. The molecule has 1 aromatic carbocycles. The van der Waals surface area contributed by atoms with Crippen molar-refractivity contribution in [3.05, 3.63) is 33.9 Å². The molecule has 5 N–H and O–H groups in total. The van der Waals surface area contributed by atoms with Gasteiger partial charge in [0.2, 0.25) is 5.91 Å². The number of nitro benzene ring substituents is 1. The number of nitro groups is 1. The third kappa shape index (κ3) is 3.92. The summed E-state index contributed by atoms with van der Waals surface area (Å²) in [6.45, 7) is 0.0793. The van der Waals surface area contributed by atoms with E-state index in [9.17, 15) is 19.7 Å². The third-order valence-electron chi connectivity index (χ3n) is 2.52. The molecular weight excluding hydrogens is 266 g/mol. The van der Waals surface area contributed by atoms with Crippen LogP contribution < -0.4 is 21.9 Å². The highest BCUT2D eigenvalue weighted by molar-refractivity contribution is 5.99. The molecule has 0 heterocycles. The molecular formula is C11H15N5O4. The fourth-order valence-electron chi connectivity index (χ4n) is 1.48. The number of nitrogen functional groups attached to an aromatic ring is 1. The molecule has 2 amide bonds. The minimum atomic E-state index is -0.659. The second-order valence-corrected chi connectivity index (χ2v) is 3.81. The lowest BCUT2D eigenvalue weighted by Crippen LogP contribution is -2.29. The first-order valence-corrected chi connectivity index (χ1v) is 5.73. The molecule has 0 aromatic heterocycles. The summed E-state index contributed by atoms with van der Waals surface area (Å²) in [7, 11) is 1.48. The monoisotopic (exact) mass is 281 g/mol. The summed E-state index contributed by atoms with van der Waals surface area (Å²) < 4.78 is 0. The molecule has 0 unspecified atom stereocenters. The lowest BCUT2D eigenvalue weighted by Gasteiger charge is -2.07. The number of amides is 2. The van der Waals surface area contributed by atoms with Gasteiger partial charge in [-0.1, -0.05) is 0 Å². The van der Waals surface area contributed by atoms with Gasteiger partial charge in [-0.2, -0.15) is 0 Å². The third-order valence-corrected chi connectivity index (χ3v) is 2.52. The van der Waals surface area contributed by atoms with Crippen LogP contribution in [0.2, 0.25) is 0 Å². The molecule has 0 radical (unpaired) electrons. The first-order valence-electron chi connectivity index (χ1n) is 5.73. The number of hydrazine groups is 1. The van der Waals surface area contributed by atoms with Crippen LogP contribution in [0.4, 0.5) is 11.4 Å². The van der Waals surface area contributed by atoms with E-state index >= 15 is 0 Å². The van der Waals surface area contributed by atoms with Crippen molar-refractivity contribution in [3.8, 4) is 0 Å². The molecule has 0 aliphatic rings. The number of nitrogens with zero attached hydrogens (tertiary/aromatic N) is 1. The maximum atomic E-state index is 11.9. The Balaban J connectivity index is 2.84. The molecule has 0 atom stereocenters. The number of rotatable bonds is 6. The van der Waals surface area contributed by atoms with Gasteiger partial charge in [0.1, 0.15) is 5.56 Å². The van der Waals surface area contributed by atoms with E-state index in [1.165, 1.54) is 25.2 Å². The SMILES string of the molecule is CNC(=O)CCNC(=O)c1cc(NN)ccc1[N+](=O)[O-]. The summed E-state index contributed by atoms with van der Waals surface area (Å²) in [6.07, 6.45) is 0.0882. The van der Waals surface area contributed by atoms with Crippen LogP contribution in [-0.4, -0.2) is 30.3 Å². The number of hydrogen-bond donors (Lipinski definition) is 4. The molecule has 108 valence electrons. The molecule has 0 saturated carbocycles. The van der Waals surface area contributed by atoms with E-state index in [1.807, 2.05) is 0 Å². The van der Waals surface area contributed by atoms with Crippen LogP contribution in [0, 0.1) is 10.1 Å². The Bertz CT molecular complexity index is 532.